The predicted molar refractivity (Wildman–Crippen MR) is 71.4 cm³/mol. The molecule has 4 heteroatoms. The zero-order valence-corrected chi connectivity index (χ0v) is 11.4. The highest BCUT2D eigenvalue weighted by atomic mass is 16.5. The Bertz CT molecular complexity index is 257. The Morgan fingerprint density at radius 2 is 2.06 bits per heavy atom. The molecule has 104 valence electrons. The summed E-state index contributed by atoms with van der Waals surface area (Å²) < 4.78 is 5.73. The number of carbonyl (C=O) groups is 1. The molecule has 0 aromatic rings. The van der Waals surface area contributed by atoms with E-state index in [2.05, 4.69) is 17.6 Å². The van der Waals surface area contributed by atoms with Gasteiger partial charge in [0.15, 0.2) is 0 Å². The highest BCUT2D eigenvalue weighted by molar-refractivity contribution is 5.78. The van der Waals surface area contributed by atoms with Crippen molar-refractivity contribution in [3.05, 3.63) is 0 Å². The van der Waals surface area contributed by atoms with Crippen LogP contribution in [0.25, 0.3) is 0 Å². The van der Waals surface area contributed by atoms with Crippen LogP contribution in [0, 0.1) is 5.92 Å². The summed E-state index contributed by atoms with van der Waals surface area (Å²) >= 11 is 0. The van der Waals surface area contributed by atoms with E-state index in [4.69, 9.17) is 4.74 Å². The van der Waals surface area contributed by atoms with Crippen LogP contribution in [-0.4, -0.2) is 37.7 Å². The highest BCUT2D eigenvalue weighted by Gasteiger charge is 2.23. The third kappa shape index (κ3) is 4.25. The van der Waals surface area contributed by atoms with Crippen molar-refractivity contribution in [2.24, 2.45) is 5.92 Å². The van der Waals surface area contributed by atoms with Crippen molar-refractivity contribution in [2.75, 3.05) is 19.7 Å². The molecule has 0 spiro atoms. The van der Waals surface area contributed by atoms with E-state index in [0.717, 1.165) is 19.4 Å². The van der Waals surface area contributed by atoms with Crippen LogP contribution in [0.1, 0.15) is 45.4 Å². The third-order valence-corrected chi connectivity index (χ3v) is 4.09. The van der Waals surface area contributed by atoms with Gasteiger partial charge in [0.05, 0.1) is 18.6 Å². The topological polar surface area (TPSA) is 50.4 Å². The maximum atomic E-state index is 11.9. The van der Waals surface area contributed by atoms with Crippen molar-refractivity contribution in [1.29, 1.82) is 0 Å². The summed E-state index contributed by atoms with van der Waals surface area (Å²) in [5, 5.41) is 6.34. The van der Waals surface area contributed by atoms with Crippen molar-refractivity contribution < 1.29 is 9.53 Å². The quantitative estimate of drug-likeness (QED) is 0.730. The Morgan fingerprint density at radius 1 is 1.28 bits per heavy atom. The molecule has 18 heavy (non-hydrogen) atoms. The Balaban J connectivity index is 1.54. The maximum Gasteiger partial charge on any atom is 0.224 e. The first-order valence-corrected chi connectivity index (χ1v) is 7.38. The van der Waals surface area contributed by atoms with E-state index in [1.54, 1.807) is 0 Å². The summed E-state index contributed by atoms with van der Waals surface area (Å²) in [5.41, 5.74) is 0. The average molecular weight is 254 g/mol. The minimum Gasteiger partial charge on any atom is -0.376 e. The lowest BCUT2D eigenvalue weighted by Gasteiger charge is -2.26. The summed E-state index contributed by atoms with van der Waals surface area (Å²) in [5.74, 6) is 0.331. The summed E-state index contributed by atoms with van der Waals surface area (Å²) in [4.78, 5) is 11.9. The van der Waals surface area contributed by atoms with Crippen LogP contribution < -0.4 is 10.6 Å². The standard InChI is InChI=1S/C14H26N2O2/c1-11-6-7-12(10-16-11)14(17)15-8-9-18-13-4-2-3-5-13/h11-13,16H,2-10H2,1H3,(H,15,17). The number of rotatable bonds is 5. The third-order valence-electron chi connectivity index (χ3n) is 4.09. The van der Waals surface area contributed by atoms with Crippen molar-refractivity contribution >= 4 is 5.91 Å². The van der Waals surface area contributed by atoms with Gasteiger partial charge in [-0.3, -0.25) is 4.79 Å². The molecule has 0 aromatic heterocycles. The second-order valence-corrected chi connectivity index (χ2v) is 5.65. The summed E-state index contributed by atoms with van der Waals surface area (Å²) in [7, 11) is 0. The molecule has 1 saturated heterocycles. The summed E-state index contributed by atoms with van der Waals surface area (Å²) in [6.07, 6.45) is 7.52. The van der Waals surface area contributed by atoms with Gasteiger partial charge >= 0.3 is 0 Å². The molecule has 2 rings (SSSR count). The fourth-order valence-corrected chi connectivity index (χ4v) is 2.82. The van der Waals surface area contributed by atoms with Gasteiger partial charge in [0.25, 0.3) is 0 Å². The Morgan fingerprint density at radius 3 is 2.72 bits per heavy atom. The molecule has 1 saturated carbocycles. The van der Waals surface area contributed by atoms with E-state index in [1.807, 2.05) is 0 Å². The summed E-state index contributed by atoms with van der Waals surface area (Å²) in [6.45, 7) is 4.30. The molecule has 1 heterocycles. The second kappa shape index (κ2) is 7.10. The second-order valence-electron chi connectivity index (χ2n) is 5.65. The fourth-order valence-electron chi connectivity index (χ4n) is 2.82. The molecule has 0 bridgehead atoms. The molecular formula is C14H26N2O2. The zero-order chi connectivity index (χ0) is 12.8. The predicted octanol–water partition coefficient (Wildman–Crippen LogP) is 1.45. The van der Waals surface area contributed by atoms with Crippen molar-refractivity contribution in [3.63, 3.8) is 0 Å². The van der Waals surface area contributed by atoms with E-state index in [0.29, 0.717) is 25.3 Å². The first-order valence-electron chi connectivity index (χ1n) is 7.38. The lowest BCUT2D eigenvalue weighted by atomic mass is 9.95. The molecule has 4 nitrogen and oxygen atoms in total. The van der Waals surface area contributed by atoms with Crippen LogP contribution in [0.4, 0.5) is 0 Å². The van der Waals surface area contributed by atoms with Gasteiger partial charge in [-0.1, -0.05) is 12.8 Å². The Kier molecular flexibility index (Phi) is 5.45. The van der Waals surface area contributed by atoms with Gasteiger partial charge in [-0.05, 0) is 32.6 Å². The van der Waals surface area contributed by atoms with Crippen LogP contribution in [0.3, 0.4) is 0 Å². The van der Waals surface area contributed by atoms with Crippen molar-refractivity contribution in [2.45, 2.75) is 57.6 Å². The molecule has 2 N–H and O–H groups in total. The van der Waals surface area contributed by atoms with E-state index < -0.39 is 0 Å². The first-order chi connectivity index (χ1) is 8.75. The van der Waals surface area contributed by atoms with Gasteiger partial charge in [-0.15, -0.1) is 0 Å². The molecule has 2 fully saturated rings. The van der Waals surface area contributed by atoms with E-state index in [-0.39, 0.29) is 11.8 Å². The number of carbonyl (C=O) groups excluding carboxylic acids is 1. The zero-order valence-electron chi connectivity index (χ0n) is 11.4. The largest absolute Gasteiger partial charge is 0.376 e. The van der Waals surface area contributed by atoms with Crippen molar-refractivity contribution in [3.8, 4) is 0 Å². The van der Waals surface area contributed by atoms with E-state index >= 15 is 0 Å². The molecule has 0 aromatic carbocycles. The molecule has 0 radical (unpaired) electrons. The lowest BCUT2D eigenvalue weighted by molar-refractivity contribution is -0.126. The lowest BCUT2D eigenvalue weighted by Crippen LogP contribution is -2.44. The van der Waals surface area contributed by atoms with Gasteiger partial charge in [0, 0.05) is 19.1 Å². The van der Waals surface area contributed by atoms with Gasteiger partial charge in [-0.2, -0.15) is 0 Å². The molecule has 1 aliphatic heterocycles. The molecule has 2 aliphatic rings. The summed E-state index contributed by atoms with van der Waals surface area (Å²) in [6, 6.07) is 0.555. The minimum absolute atomic E-state index is 0.146. The van der Waals surface area contributed by atoms with Crippen LogP contribution in [0.5, 0.6) is 0 Å². The number of amides is 1. The highest BCUT2D eigenvalue weighted by Crippen LogP contribution is 2.20. The number of hydrogen-bond donors (Lipinski definition) is 2. The van der Waals surface area contributed by atoms with E-state index in [9.17, 15) is 4.79 Å². The normalized spacial score (nSPS) is 29.4. The van der Waals surface area contributed by atoms with E-state index in [1.165, 1.54) is 25.7 Å². The van der Waals surface area contributed by atoms with Crippen molar-refractivity contribution in [1.82, 2.24) is 10.6 Å². The first kappa shape index (κ1) is 13.8. The van der Waals surface area contributed by atoms with Gasteiger partial charge in [0.1, 0.15) is 0 Å². The number of hydrogen-bond acceptors (Lipinski definition) is 3. The SMILES string of the molecule is CC1CCC(C(=O)NCCOC2CCCC2)CN1. The average Bonchev–Trinajstić information content (AvgIpc) is 2.88. The van der Waals surface area contributed by atoms with Gasteiger partial charge in [-0.25, -0.2) is 0 Å². The van der Waals surface area contributed by atoms with Crippen LogP contribution >= 0.6 is 0 Å². The van der Waals surface area contributed by atoms with Gasteiger partial charge < -0.3 is 15.4 Å². The number of piperidine rings is 1. The Labute approximate surface area is 110 Å². The fraction of sp³-hybridized carbons (Fsp3) is 0.929. The minimum atomic E-state index is 0.146. The number of nitrogens with one attached hydrogen (secondary N) is 2. The molecular weight excluding hydrogens is 228 g/mol. The number of ether oxygens (including phenoxy) is 1. The molecule has 2 atom stereocenters. The monoisotopic (exact) mass is 254 g/mol. The molecule has 1 amide bonds. The van der Waals surface area contributed by atoms with Crippen LogP contribution in [0.2, 0.25) is 0 Å². The van der Waals surface area contributed by atoms with Crippen LogP contribution in [0.15, 0.2) is 0 Å². The molecule has 1 aliphatic carbocycles. The Hall–Kier alpha value is -0.610. The molecule has 2 unspecified atom stereocenters. The maximum absolute atomic E-state index is 11.9. The van der Waals surface area contributed by atoms with Crippen LogP contribution in [-0.2, 0) is 9.53 Å². The smallest absolute Gasteiger partial charge is 0.224 e. The van der Waals surface area contributed by atoms with Gasteiger partial charge in [0.2, 0.25) is 5.91 Å².